The molecule has 1 fully saturated rings. The molecule has 0 bridgehead atoms. The van der Waals surface area contributed by atoms with Crippen molar-refractivity contribution < 1.29 is 14.3 Å². The molecule has 1 N–H and O–H groups in total. The lowest BCUT2D eigenvalue weighted by molar-refractivity contribution is 0.208. The van der Waals surface area contributed by atoms with Crippen molar-refractivity contribution >= 4 is 29.0 Å². The molecule has 1 saturated heterocycles. The summed E-state index contributed by atoms with van der Waals surface area (Å²) in [7, 11) is 3.25. The lowest BCUT2D eigenvalue weighted by Crippen LogP contribution is -2.50. The van der Waals surface area contributed by atoms with E-state index in [9.17, 15) is 4.79 Å². The van der Waals surface area contributed by atoms with Crippen LogP contribution < -0.4 is 19.7 Å². The largest absolute Gasteiger partial charge is 0.497 e. The number of hydrogen-bond acceptors (Lipinski definition) is 4. The lowest BCUT2D eigenvalue weighted by atomic mass is 10.1. The van der Waals surface area contributed by atoms with Crippen LogP contribution in [0.1, 0.15) is 5.56 Å². The van der Waals surface area contributed by atoms with Gasteiger partial charge in [-0.15, -0.1) is 0 Å². The normalized spacial score (nSPS) is 14.1. The summed E-state index contributed by atoms with van der Waals surface area (Å²) >= 11 is 6.20. The standard InChI is InChI=1S/C20H24ClN3O3/c1-14-11-18(19(27-3)13-17(14)21)23-7-9-24(10-8-23)20(25)22-15-5-4-6-16(12-15)26-2/h4-6,11-13H,7-10H2,1-3H3,(H,22,25). The van der Waals surface area contributed by atoms with E-state index in [1.54, 1.807) is 20.3 Å². The molecule has 144 valence electrons. The van der Waals surface area contributed by atoms with E-state index in [1.807, 2.05) is 42.2 Å². The van der Waals surface area contributed by atoms with Crippen molar-refractivity contribution in [3.8, 4) is 11.5 Å². The van der Waals surface area contributed by atoms with E-state index in [-0.39, 0.29) is 6.03 Å². The van der Waals surface area contributed by atoms with Gasteiger partial charge in [0, 0.05) is 49.0 Å². The minimum atomic E-state index is -0.109. The second-order valence-electron chi connectivity index (χ2n) is 6.41. The fourth-order valence-corrected chi connectivity index (χ4v) is 3.27. The first-order valence-corrected chi connectivity index (χ1v) is 9.18. The Morgan fingerprint density at radius 3 is 2.48 bits per heavy atom. The van der Waals surface area contributed by atoms with E-state index in [1.165, 1.54) is 0 Å². The molecule has 0 saturated carbocycles. The van der Waals surface area contributed by atoms with Crippen LogP contribution in [0.2, 0.25) is 5.02 Å². The quantitative estimate of drug-likeness (QED) is 0.858. The predicted octanol–water partition coefficient (Wildman–Crippen LogP) is 4.02. The maximum atomic E-state index is 12.5. The van der Waals surface area contributed by atoms with Gasteiger partial charge in [-0.2, -0.15) is 0 Å². The van der Waals surface area contributed by atoms with Gasteiger partial charge in [0.1, 0.15) is 11.5 Å². The SMILES string of the molecule is COc1cccc(NC(=O)N2CCN(c3cc(C)c(Cl)cc3OC)CC2)c1. The summed E-state index contributed by atoms with van der Waals surface area (Å²) in [4.78, 5) is 16.6. The smallest absolute Gasteiger partial charge is 0.321 e. The Hall–Kier alpha value is -2.60. The molecule has 2 aromatic rings. The molecule has 1 heterocycles. The number of benzene rings is 2. The Balaban J connectivity index is 1.63. The number of nitrogens with one attached hydrogen (secondary N) is 1. The van der Waals surface area contributed by atoms with E-state index in [0.29, 0.717) is 23.9 Å². The van der Waals surface area contributed by atoms with Gasteiger partial charge in [-0.3, -0.25) is 0 Å². The van der Waals surface area contributed by atoms with Gasteiger partial charge >= 0.3 is 6.03 Å². The van der Waals surface area contributed by atoms with Gasteiger partial charge in [0.2, 0.25) is 0 Å². The molecule has 0 spiro atoms. The van der Waals surface area contributed by atoms with Crippen molar-refractivity contribution in [2.75, 3.05) is 50.6 Å². The Bertz CT molecular complexity index is 820. The number of amides is 2. The number of ether oxygens (including phenoxy) is 2. The van der Waals surface area contributed by atoms with E-state index < -0.39 is 0 Å². The second kappa shape index (κ2) is 8.39. The van der Waals surface area contributed by atoms with Gasteiger partial charge in [-0.1, -0.05) is 17.7 Å². The highest BCUT2D eigenvalue weighted by Crippen LogP contribution is 2.34. The van der Waals surface area contributed by atoms with Crippen LogP contribution in [0.15, 0.2) is 36.4 Å². The average molecular weight is 390 g/mol. The molecule has 6 nitrogen and oxygen atoms in total. The number of anilines is 2. The van der Waals surface area contributed by atoms with Crippen molar-refractivity contribution in [2.45, 2.75) is 6.92 Å². The molecule has 0 atom stereocenters. The van der Waals surface area contributed by atoms with Gasteiger partial charge in [-0.05, 0) is 30.7 Å². The number of carbonyl (C=O) groups is 1. The number of carbonyl (C=O) groups excluding carboxylic acids is 1. The maximum Gasteiger partial charge on any atom is 0.321 e. The molecule has 7 heteroatoms. The summed E-state index contributed by atoms with van der Waals surface area (Å²) in [5.74, 6) is 1.46. The van der Waals surface area contributed by atoms with E-state index in [4.69, 9.17) is 21.1 Å². The van der Waals surface area contributed by atoms with Gasteiger partial charge in [0.05, 0.1) is 19.9 Å². The molecule has 3 rings (SSSR count). The zero-order valence-electron chi connectivity index (χ0n) is 15.8. The molecule has 0 radical (unpaired) electrons. The van der Waals surface area contributed by atoms with Gasteiger partial charge in [-0.25, -0.2) is 4.79 Å². The summed E-state index contributed by atoms with van der Waals surface area (Å²) in [6.45, 7) is 4.68. The average Bonchev–Trinajstić information content (AvgIpc) is 2.70. The first kappa shape index (κ1) is 19.2. The number of urea groups is 1. The second-order valence-corrected chi connectivity index (χ2v) is 6.82. The fraction of sp³-hybridized carbons (Fsp3) is 0.350. The van der Waals surface area contributed by atoms with Crippen molar-refractivity contribution in [2.24, 2.45) is 0 Å². The van der Waals surface area contributed by atoms with Gasteiger partial charge in [0.15, 0.2) is 0 Å². The molecule has 2 amide bonds. The first-order valence-electron chi connectivity index (χ1n) is 8.81. The highest BCUT2D eigenvalue weighted by atomic mass is 35.5. The van der Waals surface area contributed by atoms with E-state index >= 15 is 0 Å². The minimum Gasteiger partial charge on any atom is -0.497 e. The Morgan fingerprint density at radius 1 is 1.07 bits per heavy atom. The van der Waals surface area contributed by atoms with Crippen LogP contribution in [-0.2, 0) is 0 Å². The zero-order valence-corrected chi connectivity index (χ0v) is 16.5. The van der Waals surface area contributed by atoms with Crippen LogP contribution in [0.5, 0.6) is 11.5 Å². The Kier molecular flexibility index (Phi) is 5.96. The number of aryl methyl sites for hydroxylation is 1. The predicted molar refractivity (Wildman–Crippen MR) is 109 cm³/mol. The third kappa shape index (κ3) is 4.39. The molecule has 27 heavy (non-hydrogen) atoms. The van der Waals surface area contributed by atoms with E-state index in [2.05, 4.69) is 10.2 Å². The maximum absolute atomic E-state index is 12.5. The number of halogens is 1. The molecule has 0 aliphatic carbocycles. The Morgan fingerprint density at radius 2 is 1.81 bits per heavy atom. The van der Waals surface area contributed by atoms with Crippen LogP contribution in [0, 0.1) is 6.92 Å². The highest BCUT2D eigenvalue weighted by Gasteiger charge is 2.23. The van der Waals surface area contributed by atoms with Gasteiger partial charge < -0.3 is 24.6 Å². The van der Waals surface area contributed by atoms with E-state index in [0.717, 1.165) is 35.8 Å². The van der Waals surface area contributed by atoms with Crippen LogP contribution in [0.4, 0.5) is 16.2 Å². The van der Waals surface area contributed by atoms with Crippen LogP contribution >= 0.6 is 11.6 Å². The third-order valence-electron chi connectivity index (χ3n) is 4.69. The van der Waals surface area contributed by atoms with Crippen molar-refractivity contribution in [1.82, 2.24) is 4.90 Å². The van der Waals surface area contributed by atoms with Crippen LogP contribution in [-0.4, -0.2) is 51.3 Å². The number of rotatable bonds is 4. The lowest BCUT2D eigenvalue weighted by Gasteiger charge is -2.36. The molecular formula is C20H24ClN3O3. The first-order chi connectivity index (χ1) is 13.0. The highest BCUT2D eigenvalue weighted by molar-refractivity contribution is 6.31. The van der Waals surface area contributed by atoms with Crippen LogP contribution in [0.3, 0.4) is 0 Å². The molecule has 1 aliphatic heterocycles. The van der Waals surface area contributed by atoms with Crippen molar-refractivity contribution in [1.29, 1.82) is 0 Å². The molecule has 1 aliphatic rings. The molecular weight excluding hydrogens is 366 g/mol. The van der Waals surface area contributed by atoms with Crippen molar-refractivity contribution in [3.05, 3.63) is 47.0 Å². The number of piperazine rings is 1. The summed E-state index contributed by atoms with van der Waals surface area (Å²) in [5, 5.41) is 3.61. The summed E-state index contributed by atoms with van der Waals surface area (Å²) in [6.07, 6.45) is 0. The molecule has 0 unspecified atom stereocenters. The summed E-state index contributed by atoms with van der Waals surface area (Å²) in [6, 6.07) is 11.1. The zero-order chi connectivity index (χ0) is 19.4. The minimum absolute atomic E-state index is 0.109. The van der Waals surface area contributed by atoms with Crippen LogP contribution in [0.25, 0.3) is 0 Å². The summed E-state index contributed by atoms with van der Waals surface area (Å²) in [5.41, 5.74) is 2.73. The monoisotopic (exact) mass is 389 g/mol. The number of hydrogen-bond donors (Lipinski definition) is 1. The number of nitrogens with zero attached hydrogens (tertiary/aromatic N) is 2. The summed E-state index contributed by atoms with van der Waals surface area (Å²) < 4.78 is 10.7. The van der Waals surface area contributed by atoms with Gasteiger partial charge in [0.25, 0.3) is 0 Å². The number of methoxy groups -OCH3 is 2. The Labute approximate surface area is 164 Å². The third-order valence-corrected chi connectivity index (χ3v) is 5.10. The molecule has 0 aromatic heterocycles. The fourth-order valence-electron chi connectivity index (χ4n) is 3.11. The molecule has 2 aromatic carbocycles. The topological polar surface area (TPSA) is 54.0 Å². The van der Waals surface area contributed by atoms with Crippen molar-refractivity contribution in [3.63, 3.8) is 0 Å².